The molecule has 0 saturated heterocycles. The molecule has 0 amide bonds. The molecule has 1 fully saturated rings. The van der Waals surface area contributed by atoms with Crippen LogP contribution in [-0.4, -0.2) is 23.5 Å². The van der Waals surface area contributed by atoms with Crippen LogP contribution in [-0.2, 0) is 16.0 Å². The molecule has 0 aromatic heterocycles. The number of ether oxygens (including phenoxy) is 2. The molecular weight excluding hydrogens is 440 g/mol. The summed E-state index contributed by atoms with van der Waals surface area (Å²) < 4.78 is 10.8. The summed E-state index contributed by atoms with van der Waals surface area (Å²) in [6.45, 7) is 0.346. The van der Waals surface area contributed by atoms with Crippen LogP contribution in [0.4, 0.5) is 0 Å². The van der Waals surface area contributed by atoms with Gasteiger partial charge >= 0.3 is 0 Å². The first-order valence-electron chi connectivity index (χ1n) is 14.0. The van der Waals surface area contributed by atoms with Crippen molar-refractivity contribution in [3.8, 4) is 11.5 Å². The molecule has 1 aromatic carbocycles. The zero-order valence-corrected chi connectivity index (χ0v) is 21.5. The van der Waals surface area contributed by atoms with Crippen molar-refractivity contribution in [1.82, 2.24) is 0 Å². The first-order chi connectivity index (χ1) is 17.1. The van der Waals surface area contributed by atoms with Crippen molar-refractivity contribution in [3.05, 3.63) is 35.1 Å². The molecule has 1 heterocycles. The van der Waals surface area contributed by atoms with Gasteiger partial charge in [-0.3, -0.25) is 9.59 Å². The van der Waals surface area contributed by atoms with Crippen LogP contribution in [0.1, 0.15) is 121 Å². The van der Waals surface area contributed by atoms with Crippen LogP contribution < -0.4 is 9.47 Å². The first-order valence-corrected chi connectivity index (χ1v) is 14.0. The molecule has 1 aliphatic heterocycles. The second-order valence-corrected chi connectivity index (χ2v) is 10.2. The van der Waals surface area contributed by atoms with Gasteiger partial charge in [0.15, 0.2) is 23.1 Å². The number of rotatable bonds is 17. The topological polar surface area (TPSA) is 72.8 Å². The van der Waals surface area contributed by atoms with E-state index in [9.17, 15) is 14.7 Å². The molecule has 194 valence electrons. The van der Waals surface area contributed by atoms with Crippen LogP contribution in [0.25, 0.3) is 0 Å². The number of allylic oxidation sites excluding steroid dienone is 2. The zero-order valence-electron chi connectivity index (χ0n) is 21.5. The highest BCUT2D eigenvalue weighted by Crippen LogP contribution is 2.33. The fourth-order valence-electron chi connectivity index (χ4n) is 5.10. The molecule has 0 atom stereocenters. The molecule has 1 N–H and O–H groups in total. The lowest BCUT2D eigenvalue weighted by Gasteiger charge is -2.13. The summed E-state index contributed by atoms with van der Waals surface area (Å²) in [4.78, 5) is 23.7. The Bertz CT molecular complexity index is 823. The van der Waals surface area contributed by atoms with Crippen LogP contribution >= 0.6 is 0 Å². The number of carbonyl (C=O) groups is 2. The molecule has 0 bridgehead atoms. The molecule has 35 heavy (non-hydrogen) atoms. The van der Waals surface area contributed by atoms with Gasteiger partial charge in [0.1, 0.15) is 5.76 Å². The summed E-state index contributed by atoms with van der Waals surface area (Å²) in [6, 6.07) is 6.30. The number of Topliss-reactive ketones (excluding diaryl/α,β-unsaturated/α-hetero) is 2. The molecular formula is C30H44O5. The van der Waals surface area contributed by atoms with E-state index in [1.165, 1.54) is 76.2 Å². The number of fused-ring (bicyclic) bond motifs is 1. The molecule has 1 aromatic rings. The fourth-order valence-corrected chi connectivity index (χ4v) is 5.10. The van der Waals surface area contributed by atoms with Crippen molar-refractivity contribution in [2.45, 2.75) is 122 Å². The summed E-state index contributed by atoms with van der Waals surface area (Å²) in [5.41, 5.74) is 1.44. The highest BCUT2D eigenvalue weighted by molar-refractivity contribution is 6.21. The lowest BCUT2D eigenvalue weighted by Crippen LogP contribution is -2.20. The average Bonchev–Trinajstić information content (AvgIpc) is 3.31. The smallest absolute Gasteiger partial charge is 0.231 e. The van der Waals surface area contributed by atoms with Crippen molar-refractivity contribution in [2.75, 3.05) is 6.79 Å². The largest absolute Gasteiger partial charge is 0.511 e. The van der Waals surface area contributed by atoms with E-state index in [0.29, 0.717) is 32.5 Å². The van der Waals surface area contributed by atoms with Gasteiger partial charge in [-0.2, -0.15) is 0 Å². The zero-order chi connectivity index (χ0) is 24.7. The highest BCUT2D eigenvalue weighted by atomic mass is 16.7. The van der Waals surface area contributed by atoms with Gasteiger partial charge in [-0.1, -0.05) is 83.1 Å². The maximum Gasteiger partial charge on any atom is 0.231 e. The molecule has 2 aliphatic rings. The van der Waals surface area contributed by atoms with Gasteiger partial charge in [-0.15, -0.1) is 0 Å². The maximum absolute atomic E-state index is 11.8. The third-order valence-electron chi connectivity index (χ3n) is 7.22. The number of hydrogen-bond acceptors (Lipinski definition) is 5. The van der Waals surface area contributed by atoms with Gasteiger partial charge in [-0.25, -0.2) is 0 Å². The van der Waals surface area contributed by atoms with E-state index in [1.54, 1.807) is 0 Å². The second-order valence-electron chi connectivity index (χ2n) is 10.2. The third-order valence-corrected chi connectivity index (χ3v) is 7.22. The standard InChI is InChI=1S/C30H44O5/c31-25(30-26(32)18-15-19-27(30)33)17-14-12-10-8-6-4-2-1-3-5-7-9-11-13-16-24-20-21-28-29(22-24)35-23-34-28/h20-22,31H,1-19,23H2. The Morgan fingerprint density at radius 3 is 1.80 bits per heavy atom. The monoisotopic (exact) mass is 484 g/mol. The van der Waals surface area contributed by atoms with E-state index in [1.807, 2.05) is 6.07 Å². The normalized spacial score (nSPS) is 15.1. The SMILES string of the molecule is O=C1CCCC(=O)C1=C(O)CCCCCCCCCCCCCCCCc1ccc2c(c1)OCO2. The van der Waals surface area contributed by atoms with Crippen LogP contribution in [0.3, 0.4) is 0 Å². The average molecular weight is 485 g/mol. The Balaban J connectivity index is 1.06. The van der Waals surface area contributed by atoms with Gasteiger partial charge in [-0.05, 0) is 43.4 Å². The van der Waals surface area contributed by atoms with E-state index in [0.717, 1.165) is 37.2 Å². The number of benzene rings is 1. The lowest BCUT2D eigenvalue weighted by atomic mass is 9.90. The lowest BCUT2D eigenvalue weighted by molar-refractivity contribution is -0.124. The van der Waals surface area contributed by atoms with Gasteiger partial charge in [0.05, 0.1) is 5.57 Å². The maximum atomic E-state index is 11.8. The van der Waals surface area contributed by atoms with Crippen molar-refractivity contribution in [3.63, 3.8) is 0 Å². The fraction of sp³-hybridized carbons (Fsp3) is 0.667. The van der Waals surface area contributed by atoms with Gasteiger partial charge in [0.2, 0.25) is 6.79 Å². The number of aliphatic hydroxyl groups is 1. The van der Waals surface area contributed by atoms with Crippen molar-refractivity contribution in [2.24, 2.45) is 0 Å². The number of hydrogen-bond donors (Lipinski definition) is 1. The Morgan fingerprint density at radius 2 is 1.20 bits per heavy atom. The third kappa shape index (κ3) is 9.70. The van der Waals surface area contributed by atoms with E-state index in [2.05, 4.69) is 12.1 Å². The molecule has 5 nitrogen and oxygen atoms in total. The summed E-state index contributed by atoms with van der Waals surface area (Å²) in [7, 11) is 0. The predicted octanol–water partition coefficient (Wildman–Crippen LogP) is 7.94. The van der Waals surface area contributed by atoms with Crippen LogP contribution in [0.5, 0.6) is 11.5 Å². The van der Waals surface area contributed by atoms with E-state index in [-0.39, 0.29) is 22.9 Å². The van der Waals surface area contributed by atoms with Crippen molar-refractivity contribution in [1.29, 1.82) is 0 Å². The van der Waals surface area contributed by atoms with Gasteiger partial charge in [0, 0.05) is 19.3 Å². The van der Waals surface area contributed by atoms with E-state index in [4.69, 9.17) is 9.47 Å². The second kappa shape index (κ2) is 15.6. The minimum absolute atomic E-state index is 0.0319. The summed E-state index contributed by atoms with van der Waals surface area (Å²) in [5, 5.41) is 10.1. The number of carbonyl (C=O) groups excluding carboxylic acids is 2. The van der Waals surface area contributed by atoms with Crippen molar-refractivity contribution >= 4 is 11.6 Å². The quantitative estimate of drug-likeness (QED) is 0.105. The summed E-state index contributed by atoms with van der Waals surface area (Å²) >= 11 is 0. The molecule has 3 rings (SSSR count). The van der Waals surface area contributed by atoms with E-state index < -0.39 is 0 Å². The first kappa shape index (κ1) is 27.3. The minimum Gasteiger partial charge on any atom is -0.511 e. The number of ketones is 2. The molecule has 0 unspecified atom stereocenters. The van der Waals surface area contributed by atoms with Gasteiger partial charge in [0.25, 0.3) is 0 Å². The Labute approximate surface area is 211 Å². The van der Waals surface area contributed by atoms with E-state index >= 15 is 0 Å². The van der Waals surface area contributed by atoms with Crippen molar-refractivity contribution < 1.29 is 24.2 Å². The number of aliphatic hydroxyl groups excluding tert-OH is 1. The molecule has 0 radical (unpaired) electrons. The highest BCUT2D eigenvalue weighted by Gasteiger charge is 2.26. The minimum atomic E-state index is -0.170. The molecule has 1 saturated carbocycles. The Kier molecular flexibility index (Phi) is 12.2. The number of aryl methyl sites for hydroxylation is 1. The molecule has 5 heteroatoms. The Morgan fingerprint density at radius 1 is 0.686 bits per heavy atom. The summed E-state index contributed by atoms with van der Waals surface area (Å²) in [5.74, 6) is 1.45. The van der Waals surface area contributed by atoms with Gasteiger partial charge < -0.3 is 14.6 Å². The van der Waals surface area contributed by atoms with Crippen LogP contribution in [0.2, 0.25) is 0 Å². The molecule has 1 aliphatic carbocycles. The van der Waals surface area contributed by atoms with Crippen LogP contribution in [0, 0.1) is 0 Å². The predicted molar refractivity (Wildman–Crippen MR) is 139 cm³/mol. The summed E-state index contributed by atoms with van der Waals surface area (Å²) in [6.07, 6.45) is 20.5. The Hall–Kier alpha value is -2.30. The van der Waals surface area contributed by atoms with Crippen LogP contribution in [0.15, 0.2) is 29.5 Å². The molecule has 0 spiro atoms. The number of unbranched alkanes of at least 4 members (excludes halogenated alkanes) is 13.